The molecule has 0 aromatic carbocycles. The van der Waals surface area contributed by atoms with E-state index in [9.17, 15) is 4.79 Å². The molecule has 1 saturated heterocycles. The molecular formula is C10H14N4O. The summed E-state index contributed by atoms with van der Waals surface area (Å²) in [4.78, 5) is 17.4. The van der Waals surface area contributed by atoms with Crippen LogP contribution in [0.5, 0.6) is 0 Å². The van der Waals surface area contributed by atoms with Crippen LogP contribution in [-0.2, 0) is 4.79 Å². The summed E-state index contributed by atoms with van der Waals surface area (Å²) in [7, 11) is 0. The van der Waals surface area contributed by atoms with Gasteiger partial charge in [0.2, 0.25) is 5.91 Å². The number of rotatable bonds is 1. The van der Waals surface area contributed by atoms with Gasteiger partial charge in [-0.2, -0.15) is 0 Å². The molecule has 0 saturated carbocycles. The number of piperazine rings is 1. The molecule has 15 heavy (non-hydrogen) atoms. The molecule has 0 bridgehead atoms. The monoisotopic (exact) mass is 206 g/mol. The van der Waals surface area contributed by atoms with Crippen LogP contribution in [0.15, 0.2) is 12.3 Å². The number of pyridine rings is 1. The van der Waals surface area contributed by atoms with Gasteiger partial charge < -0.3 is 16.0 Å². The molecule has 0 spiro atoms. The fourth-order valence-electron chi connectivity index (χ4n) is 1.56. The third-order valence-electron chi connectivity index (χ3n) is 2.50. The average Bonchev–Trinajstić information content (AvgIpc) is 2.22. The molecule has 3 N–H and O–H groups in total. The molecule has 0 aliphatic carbocycles. The Labute approximate surface area is 88.3 Å². The van der Waals surface area contributed by atoms with E-state index in [1.54, 1.807) is 6.20 Å². The number of anilines is 2. The number of nitrogen functional groups attached to an aromatic ring is 1. The molecule has 80 valence electrons. The number of carbonyl (C=O) groups excluding carboxylic acids is 1. The van der Waals surface area contributed by atoms with E-state index < -0.39 is 0 Å². The predicted molar refractivity (Wildman–Crippen MR) is 58.6 cm³/mol. The second-order valence-electron chi connectivity index (χ2n) is 3.67. The highest BCUT2D eigenvalue weighted by molar-refractivity contribution is 5.82. The second-order valence-corrected chi connectivity index (χ2v) is 3.67. The predicted octanol–water partition coefficient (Wildman–Crippen LogP) is -0.0916. The molecule has 1 fully saturated rings. The van der Waals surface area contributed by atoms with E-state index >= 15 is 0 Å². The third-order valence-corrected chi connectivity index (χ3v) is 2.50. The molecule has 1 aliphatic rings. The number of hydrogen-bond acceptors (Lipinski definition) is 4. The lowest BCUT2D eigenvalue weighted by Crippen LogP contribution is -2.48. The molecule has 1 amide bonds. The van der Waals surface area contributed by atoms with Crippen molar-refractivity contribution in [1.82, 2.24) is 10.3 Å². The van der Waals surface area contributed by atoms with Gasteiger partial charge in [0, 0.05) is 13.1 Å². The van der Waals surface area contributed by atoms with Crippen molar-refractivity contribution < 1.29 is 4.79 Å². The maximum absolute atomic E-state index is 11.2. The van der Waals surface area contributed by atoms with Gasteiger partial charge in [-0.05, 0) is 18.6 Å². The Hall–Kier alpha value is -1.78. The summed E-state index contributed by atoms with van der Waals surface area (Å²) in [6, 6.07) is 1.91. The first-order valence-corrected chi connectivity index (χ1v) is 4.90. The summed E-state index contributed by atoms with van der Waals surface area (Å²) in [6.07, 6.45) is 1.64. The lowest BCUT2D eigenvalue weighted by molar-refractivity contribution is -0.120. The van der Waals surface area contributed by atoms with Crippen molar-refractivity contribution in [2.45, 2.75) is 6.92 Å². The van der Waals surface area contributed by atoms with Crippen molar-refractivity contribution in [2.75, 3.05) is 30.3 Å². The van der Waals surface area contributed by atoms with E-state index in [1.165, 1.54) is 0 Å². The molecule has 5 heteroatoms. The molecule has 2 heterocycles. The van der Waals surface area contributed by atoms with Gasteiger partial charge in [-0.1, -0.05) is 0 Å². The number of nitrogens with two attached hydrogens (primary N) is 1. The molecule has 0 unspecified atom stereocenters. The maximum Gasteiger partial charge on any atom is 0.239 e. The van der Waals surface area contributed by atoms with Gasteiger partial charge in [-0.25, -0.2) is 4.98 Å². The maximum atomic E-state index is 11.2. The van der Waals surface area contributed by atoms with E-state index in [-0.39, 0.29) is 5.91 Å². The number of amides is 1. The molecule has 0 atom stereocenters. The number of aromatic nitrogens is 1. The van der Waals surface area contributed by atoms with Crippen molar-refractivity contribution in [3.8, 4) is 0 Å². The van der Waals surface area contributed by atoms with Crippen molar-refractivity contribution in [2.24, 2.45) is 0 Å². The summed E-state index contributed by atoms with van der Waals surface area (Å²) in [5.41, 5.74) is 7.36. The number of aryl methyl sites for hydroxylation is 1. The van der Waals surface area contributed by atoms with E-state index in [0.717, 1.165) is 17.9 Å². The summed E-state index contributed by atoms with van der Waals surface area (Å²) < 4.78 is 0. The summed E-state index contributed by atoms with van der Waals surface area (Å²) >= 11 is 0. The molecule has 1 aliphatic heterocycles. The first-order chi connectivity index (χ1) is 7.16. The molecule has 5 nitrogen and oxygen atoms in total. The highest BCUT2D eigenvalue weighted by Gasteiger charge is 2.17. The summed E-state index contributed by atoms with van der Waals surface area (Å²) in [5.74, 6) is 0.856. The smallest absolute Gasteiger partial charge is 0.239 e. The normalized spacial score (nSPS) is 16.3. The van der Waals surface area contributed by atoms with Crippen molar-refractivity contribution in [1.29, 1.82) is 0 Å². The van der Waals surface area contributed by atoms with Crippen LogP contribution in [0.4, 0.5) is 11.5 Å². The van der Waals surface area contributed by atoms with E-state index in [4.69, 9.17) is 5.73 Å². The zero-order valence-corrected chi connectivity index (χ0v) is 8.66. The number of hydrogen-bond donors (Lipinski definition) is 2. The zero-order chi connectivity index (χ0) is 10.8. The van der Waals surface area contributed by atoms with Crippen LogP contribution in [0.2, 0.25) is 0 Å². The van der Waals surface area contributed by atoms with Gasteiger partial charge in [-0.3, -0.25) is 4.79 Å². The highest BCUT2D eigenvalue weighted by Crippen LogP contribution is 2.17. The minimum absolute atomic E-state index is 0.0394. The SMILES string of the molecule is Cc1cc(N2CCNC(=O)C2)ncc1N. The molecule has 0 radical (unpaired) electrons. The Morgan fingerprint density at radius 1 is 1.60 bits per heavy atom. The minimum Gasteiger partial charge on any atom is -0.397 e. The Bertz CT molecular complexity index is 391. The van der Waals surface area contributed by atoms with Gasteiger partial charge in [0.1, 0.15) is 5.82 Å². The standard InChI is InChI=1S/C10H14N4O/c1-7-4-9(13-5-8(7)11)14-3-2-12-10(15)6-14/h4-5H,2-3,6,11H2,1H3,(H,12,15). The number of nitrogens with zero attached hydrogens (tertiary/aromatic N) is 2. The molecule has 1 aromatic rings. The summed E-state index contributed by atoms with van der Waals surface area (Å²) in [6.45, 7) is 3.77. The molecule has 1 aromatic heterocycles. The first kappa shape index (κ1) is 9.76. The molecular weight excluding hydrogens is 192 g/mol. The highest BCUT2D eigenvalue weighted by atomic mass is 16.2. The van der Waals surface area contributed by atoms with Crippen LogP contribution in [-0.4, -0.2) is 30.5 Å². The average molecular weight is 206 g/mol. The van der Waals surface area contributed by atoms with Gasteiger partial charge in [0.05, 0.1) is 18.4 Å². The van der Waals surface area contributed by atoms with Gasteiger partial charge in [0.25, 0.3) is 0 Å². The lowest BCUT2D eigenvalue weighted by atomic mass is 10.2. The lowest BCUT2D eigenvalue weighted by Gasteiger charge is -2.27. The van der Waals surface area contributed by atoms with Crippen LogP contribution >= 0.6 is 0 Å². The van der Waals surface area contributed by atoms with Gasteiger partial charge in [0.15, 0.2) is 0 Å². The number of nitrogens with one attached hydrogen (secondary N) is 1. The fraction of sp³-hybridized carbons (Fsp3) is 0.400. The van der Waals surface area contributed by atoms with Gasteiger partial charge in [-0.15, -0.1) is 0 Å². The number of carbonyl (C=O) groups is 1. The van der Waals surface area contributed by atoms with Crippen molar-refractivity contribution >= 4 is 17.4 Å². The van der Waals surface area contributed by atoms with Gasteiger partial charge >= 0.3 is 0 Å². The first-order valence-electron chi connectivity index (χ1n) is 4.90. The van der Waals surface area contributed by atoms with Crippen LogP contribution in [0.3, 0.4) is 0 Å². The third kappa shape index (κ3) is 2.01. The zero-order valence-electron chi connectivity index (χ0n) is 8.66. The van der Waals surface area contributed by atoms with E-state index in [1.807, 2.05) is 17.9 Å². The topological polar surface area (TPSA) is 71.2 Å². The Kier molecular flexibility index (Phi) is 2.45. The Morgan fingerprint density at radius 2 is 2.40 bits per heavy atom. The molecule has 2 rings (SSSR count). The van der Waals surface area contributed by atoms with Crippen molar-refractivity contribution in [3.63, 3.8) is 0 Å². The quantitative estimate of drug-likeness (QED) is 0.673. The fourth-order valence-corrected chi connectivity index (χ4v) is 1.56. The van der Waals surface area contributed by atoms with Crippen LogP contribution in [0, 0.1) is 6.92 Å². The van der Waals surface area contributed by atoms with Crippen LogP contribution in [0.1, 0.15) is 5.56 Å². The van der Waals surface area contributed by atoms with Crippen molar-refractivity contribution in [3.05, 3.63) is 17.8 Å². The van der Waals surface area contributed by atoms with E-state index in [0.29, 0.717) is 18.8 Å². The minimum atomic E-state index is 0.0394. The Balaban J connectivity index is 2.21. The van der Waals surface area contributed by atoms with Crippen LogP contribution < -0.4 is 16.0 Å². The van der Waals surface area contributed by atoms with E-state index in [2.05, 4.69) is 10.3 Å². The van der Waals surface area contributed by atoms with Crippen LogP contribution in [0.25, 0.3) is 0 Å². The summed E-state index contributed by atoms with van der Waals surface area (Å²) in [5, 5.41) is 2.77. The Morgan fingerprint density at radius 3 is 3.07 bits per heavy atom. The largest absolute Gasteiger partial charge is 0.397 e. The second kappa shape index (κ2) is 3.76.